The molecule has 0 N–H and O–H groups in total. The molecule has 2 aliphatic heterocycles. The van der Waals surface area contributed by atoms with Crippen LogP contribution in [0.3, 0.4) is 0 Å². The molecule has 0 bridgehead atoms. The lowest BCUT2D eigenvalue weighted by atomic mass is 10.1. The van der Waals surface area contributed by atoms with Gasteiger partial charge in [-0.15, -0.1) is 11.8 Å². The third kappa shape index (κ3) is 3.71. The minimum atomic E-state index is 0.781. The first-order valence-electron chi connectivity index (χ1n) is 7.48. The van der Waals surface area contributed by atoms with E-state index < -0.39 is 0 Å². The second-order valence-corrected chi connectivity index (χ2v) is 6.84. The summed E-state index contributed by atoms with van der Waals surface area (Å²) < 4.78 is 0. The number of hydrazine groups is 1. The minimum Gasteiger partial charge on any atom is -0.265 e. The van der Waals surface area contributed by atoms with Crippen LogP contribution in [0.2, 0.25) is 0 Å². The molecule has 3 rings (SSSR count). The molecule has 1 aromatic heterocycles. The summed E-state index contributed by atoms with van der Waals surface area (Å²) in [4.78, 5) is 5.45. The van der Waals surface area contributed by atoms with Gasteiger partial charge in [0.05, 0.1) is 0 Å². The lowest BCUT2D eigenvalue weighted by molar-refractivity contribution is -0.0508. The molecule has 2 aliphatic rings. The number of rotatable bonds is 3. The van der Waals surface area contributed by atoms with Crippen LogP contribution in [0.5, 0.6) is 0 Å². The first kappa shape index (κ1) is 13.4. The zero-order chi connectivity index (χ0) is 12.9. The quantitative estimate of drug-likeness (QED) is 0.845. The Morgan fingerprint density at radius 1 is 0.895 bits per heavy atom. The van der Waals surface area contributed by atoms with Crippen LogP contribution in [0.15, 0.2) is 29.4 Å². The number of piperidine rings is 2. The van der Waals surface area contributed by atoms with Crippen molar-refractivity contribution >= 4 is 11.8 Å². The molecule has 104 valence electrons. The highest BCUT2D eigenvalue weighted by molar-refractivity contribution is 8.00. The molecule has 2 saturated heterocycles. The van der Waals surface area contributed by atoms with Crippen molar-refractivity contribution in [3.8, 4) is 0 Å². The average molecular weight is 277 g/mol. The molecule has 0 unspecified atom stereocenters. The molecular formula is C15H23N3S. The Balaban J connectivity index is 1.46. The number of nitrogens with zero attached hydrogens (tertiary/aromatic N) is 3. The number of hydrogen-bond acceptors (Lipinski definition) is 4. The van der Waals surface area contributed by atoms with Gasteiger partial charge < -0.3 is 0 Å². The molecular weight excluding hydrogens is 254 g/mol. The highest BCUT2D eigenvalue weighted by atomic mass is 32.2. The van der Waals surface area contributed by atoms with E-state index in [1.165, 1.54) is 63.2 Å². The van der Waals surface area contributed by atoms with Crippen LogP contribution in [0.25, 0.3) is 0 Å². The summed E-state index contributed by atoms with van der Waals surface area (Å²) in [7, 11) is 0. The van der Waals surface area contributed by atoms with E-state index in [1.54, 1.807) is 0 Å². The Morgan fingerprint density at radius 2 is 1.53 bits per heavy atom. The van der Waals surface area contributed by atoms with Crippen molar-refractivity contribution < 1.29 is 0 Å². The average Bonchev–Trinajstić information content (AvgIpc) is 2.50. The summed E-state index contributed by atoms with van der Waals surface area (Å²) in [6, 6.07) is 4.25. The van der Waals surface area contributed by atoms with Crippen molar-refractivity contribution in [2.45, 2.75) is 42.2 Å². The maximum absolute atomic E-state index is 4.08. The SMILES string of the molecule is c1cc(SC2CCN(N3CCCCC3)CC2)ccn1. The molecule has 0 atom stereocenters. The third-order valence-electron chi connectivity index (χ3n) is 4.10. The fourth-order valence-corrected chi connectivity index (χ4v) is 4.12. The molecule has 0 aromatic carbocycles. The third-order valence-corrected chi connectivity index (χ3v) is 5.45. The summed E-state index contributed by atoms with van der Waals surface area (Å²) in [6.45, 7) is 5.04. The normalized spacial score (nSPS) is 23.6. The fraction of sp³-hybridized carbons (Fsp3) is 0.667. The maximum atomic E-state index is 4.08. The molecule has 1 aromatic rings. The van der Waals surface area contributed by atoms with Crippen molar-refractivity contribution in [3.63, 3.8) is 0 Å². The summed E-state index contributed by atoms with van der Waals surface area (Å²) in [5, 5.41) is 5.98. The molecule has 0 amide bonds. The largest absolute Gasteiger partial charge is 0.265 e. The molecule has 4 heteroatoms. The van der Waals surface area contributed by atoms with Crippen molar-refractivity contribution in [2.24, 2.45) is 0 Å². The number of aromatic nitrogens is 1. The minimum absolute atomic E-state index is 0.781. The highest BCUT2D eigenvalue weighted by Crippen LogP contribution is 2.30. The Labute approximate surface area is 120 Å². The van der Waals surface area contributed by atoms with Gasteiger partial charge in [-0.1, -0.05) is 6.42 Å². The van der Waals surface area contributed by atoms with Gasteiger partial charge in [-0.3, -0.25) is 4.98 Å². The van der Waals surface area contributed by atoms with Gasteiger partial charge in [-0.25, -0.2) is 10.0 Å². The van der Waals surface area contributed by atoms with Crippen molar-refractivity contribution in [1.29, 1.82) is 0 Å². The highest BCUT2D eigenvalue weighted by Gasteiger charge is 2.24. The van der Waals surface area contributed by atoms with Crippen molar-refractivity contribution in [3.05, 3.63) is 24.5 Å². The van der Waals surface area contributed by atoms with E-state index in [0.717, 1.165) is 5.25 Å². The van der Waals surface area contributed by atoms with Crippen LogP contribution in [0.1, 0.15) is 32.1 Å². The Morgan fingerprint density at radius 3 is 2.21 bits per heavy atom. The van der Waals surface area contributed by atoms with Gasteiger partial charge in [0.15, 0.2) is 0 Å². The second kappa shape index (κ2) is 6.73. The van der Waals surface area contributed by atoms with Gasteiger partial charge >= 0.3 is 0 Å². The number of pyridine rings is 1. The van der Waals surface area contributed by atoms with Crippen LogP contribution in [-0.4, -0.2) is 46.4 Å². The number of hydrogen-bond donors (Lipinski definition) is 0. The van der Waals surface area contributed by atoms with E-state index in [2.05, 4.69) is 27.1 Å². The summed E-state index contributed by atoms with van der Waals surface area (Å²) >= 11 is 2.03. The smallest absolute Gasteiger partial charge is 0.0278 e. The lowest BCUT2D eigenvalue weighted by Gasteiger charge is -2.41. The summed E-state index contributed by atoms with van der Waals surface area (Å²) in [5.74, 6) is 0. The molecule has 0 radical (unpaired) electrons. The van der Waals surface area contributed by atoms with E-state index in [1.807, 2.05) is 24.2 Å². The van der Waals surface area contributed by atoms with Crippen LogP contribution in [-0.2, 0) is 0 Å². The maximum Gasteiger partial charge on any atom is 0.0278 e. The lowest BCUT2D eigenvalue weighted by Crippen LogP contribution is -2.49. The molecule has 3 nitrogen and oxygen atoms in total. The Bertz CT molecular complexity index is 370. The molecule has 19 heavy (non-hydrogen) atoms. The van der Waals surface area contributed by atoms with Gasteiger partial charge in [0, 0.05) is 48.7 Å². The van der Waals surface area contributed by atoms with Gasteiger partial charge in [-0.05, 0) is 37.8 Å². The standard InChI is InChI=1S/C15H23N3S/c1-2-10-17(11-3-1)18-12-6-15(7-13-18)19-14-4-8-16-9-5-14/h4-5,8-9,15H,1-3,6-7,10-13H2. The predicted molar refractivity (Wildman–Crippen MR) is 80.1 cm³/mol. The zero-order valence-corrected chi connectivity index (χ0v) is 12.3. The van der Waals surface area contributed by atoms with Gasteiger partial charge in [0.1, 0.15) is 0 Å². The van der Waals surface area contributed by atoms with Gasteiger partial charge in [0.25, 0.3) is 0 Å². The van der Waals surface area contributed by atoms with E-state index in [9.17, 15) is 0 Å². The van der Waals surface area contributed by atoms with Gasteiger partial charge in [-0.2, -0.15) is 0 Å². The van der Waals surface area contributed by atoms with Crippen LogP contribution in [0, 0.1) is 0 Å². The Kier molecular flexibility index (Phi) is 4.75. The van der Waals surface area contributed by atoms with Crippen LogP contribution >= 0.6 is 11.8 Å². The molecule has 2 fully saturated rings. The monoisotopic (exact) mass is 277 g/mol. The molecule has 0 spiro atoms. The van der Waals surface area contributed by atoms with Gasteiger partial charge in [0.2, 0.25) is 0 Å². The molecule has 0 saturated carbocycles. The van der Waals surface area contributed by atoms with Crippen LogP contribution in [0.4, 0.5) is 0 Å². The second-order valence-electron chi connectivity index (χ2n) is 5.47. The van der Waals surface area contributed by atoms with Crippen molar-refractivity contribution in [1.82, 2.24) is 15.0 Å². The molecule has 3 heterocycles. The Hall–Kier alpha value is -0.580. The van der Waals surface area contributed by atoms with Crippen LogP contribution < -0.4 is 0 Å². The first-order valence-corrected chi connectivity index (χ1v) is 8.36. The zero-order valence-electron chi connectivity index (χ0n) is 11.5. The number of thioether (sulfide) groups is 1. The molecule has 0 aliphatic carbocycles. The first-order chi connectivity index (χ1) is 9.42. The van der Waals surface area contributed by atoms with E-state index in [-0.39, 0.29) is 0 Å². The van der Waals surface area contributed by atoms with E-state index in [0.29, 0.717) is 0 Å². The fourth-order valence-electron chi connectivity index (χ4n) is 3.01. The predicted octanol–water partition coefficient (Wildman–Crippen LogP) is 3.04. The van der Waals surface area contributed by atoms with E-state index in [4.69, 9.17) is 0 Å². The summed E-state index contributed by atoms with van der Waals surface area (Å²) in [5.41, 5.74) is 0. The topological polar surface area (TPSA) is 19.4 Å². The summed E-state index contributed by atoms with van der Waals surface area (Å²) in [6.07, 6.45) is 10.6. The van der Waals surface area contributed by atoms with Crippen molar-refractivity contribution in [2.75, 3.05) is 26.2 Å². The van der Waals surface area contributed by atoms with E-state index >= 15 is 0 Å².